The monoisotopic (exact) mass is 242 g/mol. The van der Waals surface area contributed by atoms with Crippen molar-refractivity contribution in [2.45, 2.75) is 19.4 Å². The minimum atomic E-state index is 0.0937. The molecule has 0 aliphatic carbocycles. The van der Waals surface area contributed by atoms with Crippen molar-refractivity contribution in [2.75, 3.05) is 7.11 Å². The van der Waals surface area contributed by atoms with Crippen LogP contribution in [0.2, 0.25) is 0 Å². The average Bonchev–Trinajstić information content (AvgIpc) is 2.46. The molecule has 18 heavy (non-hydrogen) atoms. The van der Waals surface area contributed by atoms with E-state index in [1.54, 1.807) is 7.11 Å². The van der Waals surface area contributed by atoms with Gasteiger partial charge in [0.2, 0.25) is 5.88 Å². The minimum absolute atomic E-state index is 0.0937. The number of pyridine rings is 1. The summed E-state index contributed by atoms with van der Waals surface area (Å²) >= 11 is 0. The Labute approximate surface area is 108 Å². The van der Waals surface area contributed by atoms with Crippen LogP contribution in [0.3, 0.4) is 0 Å². The molecule has 0 aliphatic heterocycles. The van der Waals surface area contributed by atoms with Gasteiger partial charge in [0, 0.05) is 23.9 Å². The van der Waals surface area contributed by atoms with Gasteiger partial charge in [0.15, 0.2) is 0 Å². The van der Waals surface area contributed by atoms with Crippen LogP contribution in [0.25, 0.3) is 11.1 Å². The number of benzene rings is 1. The van der Waals surface area contributed by atoms with E-state index in [0.717, 1.165) is 23.1 Å². The van der Waals surface area contributed by atoms with Crippen LogP contribution in [0.15, 0.2) is 42.6 Å². The summed E-state index contributed by atoms with van der Waals surface area (Å²) in [7, 11) is 1.61. The minimum Gasteiger partial charge on any atom is -0.481 e. The van der Waals surface area contributed by atoms with E-state index in [2.05, 4.69) is 30.1 Å². The zero-order valence-electron chi connectivity index (χ0n) is 10.8. The summed E-state index contributed by atoms with van der Waals surface area (Å²) < 4.78 is 5.05. The highest BCUT2D eigenvalue weighted by Crippen LogP contribution is 2.24. The Morgan fingerprint density at radius 2 is 2.06 bits per heavy atom. The summed E-state index contributed by atoms with van der Waals surface area (Å²) in [4.78, 5) is 4.21. The number of nitrogens with zero attached hydrogens (tertiary/aromatic N) is 1. The summed E-state index contributed by atoms with van der Waals surface area (Å²) in [6.07, 6.45) is 2.75. The van der Waals surface area contributed by atoms with Crippen LogP contribution < -0.4 is 10.5 Å². The standard InChI is InChI=1S/C15H18N2O/c1-3-14(16)12-6-4-5-11(9-12)13-7-8-15(18-2)17-10-13/h4-10,14H,3,16H2,1-2H3. The summed E-state index contributed by atoms with van der Waals surface area (Å²) in [6.45, 7) is 2.09. The quantitative estimate of drug-likeness (QED) is 0.895. The van der Waals surface area contributed by atoms with E-state index in [0.29, 0.717) is 5.88 Å². The average molecular weight is 242 g/mol. The van der Waals surface area contributed by atoms with Gasteiger partial charge < -0.3 is 10.5 Å². The first-order chi connectivity index (χ1) is 8.74. The SMILES string of the molecule is CCC(N)c1cccc(-c2ccc(OC)nc2)c1. The molecule has 0 saturated heterocycles. The second kappa shape index (κ2) is 5.65. The number of hydrogen-bond donors (Lipinski definition) is 1. The lowest BCUT2D eigenvalue weighted by Crippen LogP contribution is -2.08. The second-order valence-corrected chi connectivity index (χ2v) is 4.23. The maximum Gasteiger partial charge on any atom is 0.212 e. The van der Waals surface area contributed by atoms with Crippen molar-refractivity contribution >= 4 is 0 Å². The van der Waals surface area contributed by atoms with Crippen LogP contribution in [0.4, 0.5) is 0 Å². The smallest absolute Gasteiger partial charge is 0.212 e. The van der Waals surface area contributed by atoms with E-state index in [1.165, 1.54) is 0 Å². The fourth-order valence-electron chi connectivity index (χ4n) is 1.86. The van der Waals surface area contributed by atoms with Gasteiger partial charge in [0.25, 0.3) is 0 Å². The number of ether oxygens (including phenoxy) is 1. The highest BCUT2D eigenvalue weighted by Gasteiger charge is 2.05. The third-order valence-corrected chi connectivity index (χ3v) is 3.03. The molecule has 0 fully saturated rings. The predicted octanol–water partition coefficient (Wildman–Crippen LogP) is 3.17. The maximum absolute atomic E-state index is 6.05. The third-order valence-electron chi connectivity index (χ3n) is 3.03. The molecule has 2 N–H and O–H groups in total. The zero-order chi connectivity index (χ0) is 13.0. The molecule has 0 amide bonds. The van der Waals surface area contributed by atoms with Crippen LogP contribution in [-0.2, 0) is 0 Å². The largest absolute Gasteiger partial charge is 0.481 e. The summed E-state index contributed by atoms with van der Waals surface area (Å²) in [6, 6.07) is 12.2. The number of rotatable bonds is 4. The molecule has 0 aliphatic rings. The number of hydrogen-bond acceptors (Lipinski definition) is 3. The van der Waals surface area contributed by atoms with Gasteiger partial charge in [-0.3, -0.25) is 0 Å². The Morgan fingerprint density at radius 1 is 1.22 bits per heavy atom. The van der Waals surface area contributed by atoms with Crippen LogP contribution in [0.1, 0.15) is 24.9 Å². The molecule has 2 rings (SSSR count). The van der Waals surface area contributed by atoms with Gasteiger partial charge in [0.05, 0.1) is 7.11 Å². The first kappa shape index (κ1) is 12.6. The second-order valence-electron chi connectivity index (χ2n) is 4.23. The van der Waals surface area contributed by atoms with E-state index in [1.807, 2.05) is 24.4 Å². The number of aromatic nitrogens is 1. The van der Waals surface area contributed by atoms with Crippen LogP contribution in [0.5, 0.6) is 5.88 Å². The van der Waals surface area contributed by atoms with Crippen molar-refractivity contribution in [2.24, 2.45) is 5.73 Å². The molecular formula is C15H18N2O. The summed E-state index contributed by atoms with van der Waals surface area (Å²) in [5.41, 5.74) is 9.41. The zero-order valence-corrected chi connectivity index (χ0v) is 10.8. The topological polar surface area (TPSA) is 48.1 Å². The van der Waals surface area contributed by atoms with Crippen molar-refractivity contribution in [3.63, 3.8) is 0 Å². The van der Waals surface area contributed by atoms with E-state index in [4.69, 9.17) is 10.5 Å². The normalized spacial score (nSPS) is 12.2. The molecule has 0 spiro atoms. The molecule has 2 aromatic rings. The molecule has 1 atom stereocenters. The molecule has 94 valence electrons. The fourth-order valence-corrected chi connectivity index (χ4v) is 1.86. The van der Waals surface area contributed by atoms with Crippen LogP contribution >= 0.6 is 0 Å². The lowest BCUT2D eigenvalue weighted by molar-refractivity contribution is 0.398. The Hall–Kier alpha value is -1.87. The molecule has 0 radical (unpaired) electrons. The third kappa shape index (κ3) is 2.68. The van der Waals surface area contributed by atoms with Crippen molar-refractivity contribution in [3.05, 3.63) is 48.2 Å². The molecule has 1 heterocycles. The van der Waals surface area contributed by atoms with Crippen molar-refractivity contribution < 1.29 is 4.74 Å². The molecule has 1 unspecified atom stereocenters. The molecule has 3 nitrogen and oxygen atoms in total. The van der Waals surface area contributed by atoms with Gasteiger partial charge in [-0.25, -0.2) is 4.98 Å². The highest BCUT2D eigenvalue weighted by molar-refractivity contribution is 5.63. The predicted molar refractivity (Wildman–Crippen MR) is 73.4 cm³/mol. The highest BCUT2D eigenvalue weighted by atomic mass is 16.5. The van der Waals surface area contributed by atoms with Crippen molar-refractivity contribution in [1.82, 2.24) is 4.98 Å². The fraction of sp³-hybridized carbons (Fsp3) is 0.267. The van der Waals surface area contributed by atoms with Crippen LogP contribution in [-0.4, -0.2) is 12.1 Å². The van der Waals surface area contributed by atoms with Gasteiger partial charge >= 0.3 is 0 Å². The number of nitrogens with two attached hydrogens (primary N) is 1. The van der Waals surface area contributed by atoms with Gasteiger partial charge in [-0.2, -0.15) is 0 Å². The Balaban J connectivity index is 2.32. The molecule has 1 aromatic carbocycles. The Kier molecular flexibility index (Phi) is 3.95. The maximum atomic E-state index is 6.05. The lowest BCUT2D eigenvalue weighted by Gasteiger charge is -2.11. The molecule has 1 aromatic heterocycles. The van der Waals surface area contributed by atoms with Crippen molar-refractivity contribution in [1.29, 1.82) is 0 Å². The Bertz CT molecular complexity index is 508. The molecule has 0 bridgehead atoms. The van der Waals surface area contributed by atoms with Crippen molar-refractivity contribution in [3.8, 4) is 17.0 Å². The van der Waals surface area contributed by atoms with Gasteiger partial charge in [0.1, 0.15) is 0 Å². The van der Waals surface area contributed by atoms with Crippen LogP contribution in [0, 0.1) is 0 Å². The van der Waals surface area contributed by atoms with Gasteiger partial charge in [-0.15, -0.1) is 0 Å². The van der Waals surface area contributed by atoms with E-state index < -0.39 is 0 Å². The van der Waals surface area contributed by atoms with E-state index in [9.17, 15) is 0 Å². The summed E-state index contributed by atoms with van der Waals surface area (Å²) in [5, 5.41) is 0. The number of methoxy groups -OCH3 is 1. The van der Waals surface area contributed by atoms with E-state index >= 15 is 0 Å². The van der Waals surface area contributed by atoms with Gasteiger partial charge in [-0.1, -0.05) is 25.1 Å². The molecule has 0 saturated carbocycles. The van der Waals surface area contributed by atoms with E-state index in [-0.39, 0.29) is 6.04 Å². The molecular weight excluding hydrogens is 224 g/mol. The first-order valence-corrected chi connectivity index (χ1v) is 6.10. The summed E-state index contributed by atoms with van der Waals surface area (Å²) in [5.74, 6) is 0.625. The molecule has 3 heteroatoms. The first-order valence-electron chi connectivity index (χ1n) is 6.10. The van der Waals surface area contributed by atoms with Gasteiger partial charge in [-0.05, 0) is 29.7 Å². The lowest BCUT2D eigenvalue weighted by atomic mass is 10.00. The Morgan fingerprint density at radius 3 is 2.67 bits per heavy atom.